The van der Waals surface area contributed by atoms with Crippen molar-refractivity contribution in [2.45, 2.75) is 25.8 Å². The van der Waals surface area contributed by atoms with Crippen LogP contribution in [0.5, 0.6) is 0 Å². The molecule has 0 aliphatic carbocycles. The van der Waals surface area contributed by atoms with Crippen LogP contribution in [0, 0.1) is 5.92 Å². The van der Waals surface area contributed by atoms with E-state index in [9.17, 15) is 0 Å². The third kappa shape index (κ3) is 5.82. The number of likely N-dealkylation sites (tertiary alicyclic amines) is 1. The van der Waals surface area contributed by atoms with Crippen LogP contribution in [0.25, 0.3) is 0 Å². The van der Waals surface area contributed by atoms with Crippen molar-refractivity contribution in [3.8, 4) is 0 Å². The minimum absolute atomic E-state index is 0.459. The molecule has 17 heavy (non-hydrogen) atoms. The Hall–Kier alpha value is -0.160. The van der Waals surface area contributed by atoms with Crippen molar-refractivity contribution in [2.24, 2.45) is 5.92 Å². The summed E-state index contributed by atoms with van der Waals surface area (Å²) in [5.74, 6) is 0.717. The number of rotatable bonds is 9. The summed E-state index contributed by atoms with van der Waals surface area (Å²) in [6.07, 6.45) is 2.44. The molecule has 4 heteroatoms. The molecule has 1 heterocycles. The van der Waals surface area contributed by atoms with Gasteiger partial charge >= 0.3 is 0 Å². The standard InChI is InChI=1S/C13H28N2O2/c1-4-6-14-13(11-17-3)9-15-7-5-12(8-15)10-16-2/h12-14H,4-11H2,1-3H3. The zero-order valence-corrected chi connectivity index (χ0v) is 11.6. The number of nitrogens with one attached hydrogen (secondary N) is 1. The van der Waals surface area contributed by atoms with E-state index in [-0.39, 0.29) is 0 Å². The summed E-state index contributed by atoms with van der Waals surface area (Å²) in [4.78, 5) is 2.52. The van der Waals surface area contributed by atoms with E-state index in [2.05, 4.69) is 17.1 Å². The monoisotopic (exact) mass is 244 g/mol. The van der Waals surface area contributed by atoms with Gasteiger partial charge in [-0.1, -0.05) is 6.92 Å². The van der Waals surface area contributed by atoms with E-state index in [1.807, 2.05) is 0 Å². The molecule has 2 unspecified atom stereocenters. The van der Waals surface area contributed by atoms with Gasteiger partial charge in [0, 0.05) is 33.4 Å². The number of ether oxygens (including phenoxy) is 2. The molecule has 0 amide bonds. The molecule has 1 aliphatic heterocycles. The Labute approximate surface area is 106 Å². The van der Waals surface area contributed by atoms with Crippen LogP contribution in [0.15, 0.2) is 0 Å². The highest BCUT2D eigenvalue weighted by atomic mass is 16.5. The lowest BCUT2D eigenvalue weighted by Gasteiger charge is -2.24. The van der Waals surface area contributed by atoms with Crippen LogP contribution in [-0.4, -0.2) is 64.6 Å². The fraction of sp³-hybridized carbons (Fsp3) is 1.00. The molecule has 1 aliphatic rings. The molecule has 102 valence electrons. The maximum Gasteiger partial charge on any atom is 0.0628 e. The molecular weight excluding hydrogens is 216 g/mol. The minimum atomic E-state index is 0.459. The third-order valence-electron chi connectivity index (χ3n) is 3.30. The molecule has 1 saturated heterocycles. The number of hydrogen-bond acceptors (Lipinski definition) is 4. The van der Waals surface area contributed by atoms with Crippen LogP contribution < -0.4 is 5.32 Å². The molecule has 0 aromatic heterocycles. The van der Waals surface area contributed by atoms with Gasteiger partial charge in [-0.05, 0) is 31.8 Å². The van der Waals surface area contributed by atoms with Crippen molar-refractivity contribution < 1.29 is 9.47 Å². The van der Waals surface area contributed by atoms with E-state index in [4.69, 9.17) is 9.47 Å². The van der Waals surface area contributed by atoms with Crippen molar-refractivity contribution in [3.63, 3.8) is 0 Å². The van der Waals surface area contributed by atoms with Crippen molar-refractivity contribution >= 4 is 0 Å². The van der Waals surface area contributed by atoms with Crippen molar-refractivity contribution in [3.05, 3.63) is 0 Å². The van der Waals surface area contributed by atoms with Gasteiger partial charge < -0.3 is 19.7 Å². The summed E-state index contributed by atoms with van der Waals surface area (Å²) in [5, 5.41) is 3.55. The average Bonchev–Trinajstić information content (AvgIpc) is 2.74. The molecule has 0 radical (unpaired) electrons. The minimum Gasteiger partial charge on any atom is -0.384 e. The summed E-state index contributed by atoms with van der Waals surface area (Å²) in [7, 11) is 3.57. The van der Waals surface area contributed by atoms with Gasteiger partial charge in [0.25, 0.3) is 0 Å². The maximum atomic E-state index is 5.27. The summed E-state index contributed by atoms with van der Waals surface area (Å²) in [6.45, 7) is 8.42. The highest BCUT2D eigenvalue weighted by molar-refractivity contribution is 4.79. The summed E-state index contributed by atoms with van der Waals surface area (Å²) >= 11 is 0. The topological polar surface area (TPSA) is 33.7 Å². The quantitative estimate of drug-likeness (QED) is 0.655. The van der Waals surface area contributed by atoms with Crippen LogP contribution in [0.1, 0.15) is 19.8 Å². The first kappa shape index (κ1) is 14.9. The lowest BCUT2D eigenvalue weighted by molar-refractivity contribution is 0.134. The number of nitrogens with zero attached hydrogens (tertiary/aromatic N) is 1. The van der Waals surface area contributed by atoms with E-state index < -0.39 is 0 Å². The van der Waals surface area contributed by atoms with Crippen LogP contribution in [0.2, 0.25) is 0 Å². The van der Waals surface area contributed by atoms with Crippen LogP contribution in [0.3, 0.4) is 0 Å². The van der Waals surface area contributed by atoms with Gasteiger partial charge in [-0.25, -0.2) is 0 Å². The second kappa shape index (κ2) is 8.86. The lowest BCUT2D eigenvalue weighted by Crippen LogP contribution is -2.43. The lowest BCUT2D eigenvalue weighted by atomic mass is 10.1. The van der Waals surface area contributed by atoms with Gasteiger partial charge in [0.15, 0.2) is 0 Å². The number of hydrogen-bond donors (Lipinski definition) is 1. The first-order valence-electron chi connectivity index (χ1n) is 6.73. The Bertz CT molecular complexity index is 190. The first-order chi connectivity index (χ1) is 8.30. The maximum absolute atomic E-state index is 5.27. The Morgan fingerprint density at radius 1 is 1.35 bits per heavy atom. The fourth-order valence-corrected chi connectivity index (χ4v) is 2.49. The Balaban J connectivity index is 2.24. The summed E-state index contributed by atoms with van der Waals surface area (Å²) < 4.78 is 10.5. The summed E-state index contributed by atoms with van der Waals surface area (Å²) in [5.41, 5.74) is 0. The highest BCUT2D eigenvalue weighted by Crippen LogP contribution is 2.16. The molecule has 2 atom stereocenters. The Morgan fingerprint density at radius 2 is 2.18 bits per heavy atom. The van der Waals surface area contributed by atoms with Gasteiger partial charge in [-0.2, -0.15) is 0 Å². The molecule has 0 saturated carbocycles. The van der Waals surface area contributed by atoms with Crippen LogP contribution >= 0.6 is 0 Å². The van der Waals surface area contributed by atoms with Crippen LogP contribution in [-0.2, 0) is 9.47 Å². The van der Waals surface area contributed by atoms with Gasteiger partial charge in [-0.15, -0.1) is 0 Å². The molecule has 1 rings (SSSR count). The smallest absolute Gasteiger partial charge is 0.0628 e. The van der Waals surface area contributed by atoms with Gasteiger partial charge in [0.05, 0.1) is 13.2 Å². The predicted molar refractivity (Wildman–Crippen MR) is 70.4 cm³/mol. The van der Waals surface area contributed by atoms with Gasteiger partial charge in [-0.3, -0.25) is 0 Å². The van der Waals surface area contributed by atoms with Crippen molar-refractivity contribution in [1.29, 1.82) is 0 Å². The van der Waals surface area contributed by atoms with Crippen molar-refractivity contribution in [1.82, 2.24) is 10.2 Å². The van der Waals surface area contributed by atoms with E-state index in [1.54, 1.807) is 14.2 Å². The van der Waals surface area contributed by atoms with Crippen molar-refractivity contribution in [2.75, 3.05) is 53.6 Å². The highest BCUT2D eigenvalue weighted by Gasteiger charge is 2.24. The second-order valence-electron chi connectivity index (χ2n) is 4.98. The average molecular weight is 244 g/mol. The van der Waals surface area contributed by atoms with E-state index >= 15 is 0 Å². The molecular formula is C13H28N2O2. The fourth-order valence-electron chi connectivity index (χ4n) is 2.49. The largest absolute Gasteiger partial charge is 0.384 e. The SMILES string of the molecule is CCCNC(COC)CN1CCC(COC)C1. The molecule has 1 fully saturated rings. The number of methoxy groups -OCH3 is 2. The molecule has 0 spiro atoms. The molecule has 0 aromatic rings. The summed E-state index contributed by atoms with van der Waals surface area (Å²) in [6, 6.07) is 0.459. The second-order valence-corrected chi connectivity index (χ2v) is 4.98. The molecule has 4 nitrogen and oxygen atoms in total. The normalized spacial score (nSPS) is 23.1. The van der Waals surface area contributed by atoms with Gasteiger partial charge in [0.2, 0.25) is 0 Å². The van der Waals surface area contributed by atoms with Gasteiger partial charge in [0.1, 0.15) is 0 Å². The third-order valence-corrected chi connectivity index (χ3v) is 3.30. The van der Waals surface area contributed by atoms with Crippen LogP contribution in [0.4, 0.5) is 0 Å². The Kier molecular flexibility index (Phi) is 7.77. The predicted octanol–water partition coefficient (Wildman–Crippen LogP) is 0.969. The first-order valence-corrected chi connectivity index (χ1v) is 6.73. The molecule has 1 N–H and O–H groups in total. The molecule has 0 aromatic carbocycles. The van der Waals surface area contributed by atoms with E-state index in [0.717, 1.165) is 32.2 Å². The van der Waals surface area contributed by atoms with E-state index in [0.29, 0.717) is 6.04 Å². The van der Waals surface area contributed by atoms with E-state index in [1.165, 1.54) is 25.9 Å². The zero-order valence-electron chi connectivity index (χ0n) is 11.6. The molecule has 0 bridgehead atoms. The Morgan fingerprint density at radius 3 is 2.82 bits per heavy atom. The zero-order chi connectivity index (χ0) is 12.5.